The molecule has 3 rings (SSSR count). The highest BCUT2D eigenvalue weighted by molar-refractivity contribution is 6.17. The van der Waals surface area contributed by atoms with Crippen molar-refractivity contribution in [2.45, 2.75) is 33.1 Å². The molecule has 1 fully saturated rings. The first-order valence-electron chi connectivity index (χ1n) is 9.38. The van der Waals surface area contributed by atoms with Gasteiger partial charge >= 0.3 is 0 Å². The molecule has 6 heteroatoms. The van der Waals surface area contributed by atoms with Crippen molar-refractivity contribution >= 4 is 23.2 Å². The summed E-state index contributed by atoms with van der Waals surface area (Å²) in [6.45, 7) is 4.00. The third-order valence-corrected chi connectivity index (χ3v) is 5.24. The molecule has 28 heavy (non-hydrogen) atoms. The Bertz CT molecular complexity index is 903. The van der Waals surface area contributed by atoms with Crippen LogP contribution < -0.4 is 20.1 Å². The Balaban J connectivity index is 1.76. The topological polar surface area (TPSA) is 76.7 Å². The highest BCUT2D eigenvalue weighted by atomic mass is 16.5. The average Bonchev–Trinajstić information content (AvgIpc) is 3.51. The maximum absolute atomic E-state index is 13.0. The maximum Gasteiger partial charge on any atom is 0.240 e. The van der Waals surface area contributed by atoms with E-state index in [1.807, 2.05) is 32.0 Å². The fourth-order valence-corrected chi connectivity index (χ4v) is 3.28. The Hall–Kier alpha value is -3.02. The lowest BCUT2D eigenvalue weighted by Crippen LogP contribution is -2.36. The largest absolute Gasteiger partial charge is 0.493 e. The highest BCUT2D eigenvalue weighted by Gasteiger charge is 2.56. The third kappa shape index (κ3) is 3.67. The Morgan fingerprint density at radius 2 is 1.68 bits per heavy atom. The average molecular weight is 382 g/mol. The van der Waals surface area contributed by atoms with Gasteiger partial charge in [-0.15, -0.1) is 0 Å². The van der Waals surface area contributed by atoms with Crippen LogP contribution in [0.2, 0.25) is 0 Å². The molecule has 148 valence electrons. The van der Waals surface area contributed by atoms with Gasteiger partial charge in [-0.3, -0.25) is 9.59 Å². The van der Waals surface area contributed by atoms with Gasteiger partial charge in [0.1, 0.15) is 5.41 Å². The van der Waals surface area contributed by atoms with Gasteiger partial charge in [-0.1, -0.05) is 25.1 Å². The Morgan fingerprint density at radius 1 is 1.00 bits per heavy atom. The molecule has 6 nitrogen and oxygen atoms in total. The lowest BCUT2D eigenvalue weighted by molar-refractivity contribution is -0.131. The maximum atomic E-state index is 13.0. The van der Waals surface area contributed by atoms with E-state index in [0.29, 0.717) is 30.0 Å². The first-order chi connectivity index (χ1) is 13.4. The summed E-state index contributed by atoms with van der Waals surface area (Å²) in [5.41, 5.74) is 2.39. The van der Waals surface area contributed by atoms with Crippen molar-refractivity contribution in [3.8, 4) is 11.5 Å². The second-order valence-corrected chi connectivity index (χ2v) is 7.02. The molecule has 0 heterocycles. The number of nitrogens with one attached hydrogen (secondary N) is 2. The number of methoxy groups -OCH3 is 2. The summed E-state index contributed by atoms with van der Waals surface area (Å²) in [5, 5.41) is 5.84. The number of para-hydroxylation sites is 1. The van der Waals surface area contributed by atoms with Gasteiger partial charge in [0.25, 0.3) is 0 Å². The van der Waals surface area contributed by atoms with E-state index in [2.05, 4.69) is 10.6 Å². The van der Waals surface area contributed by atoms with E-state index in [1.54, 1.807) is 25.3 Å². The summed E-state index contributed by atoms with van der Waals surface area (Å²) < 4.78 is 10.5. The fraction of sp³-hybridized carbons (Fsp3) is 0.364. The number of ether oxygens (including phenoxy) is 2. The number of rotatable bonds is 7. The van der Waals surface area contributed by atoms with Gasteiger partial charge in [-0.05, 0) is 49.4 Å². The van der Waals surface area contributed by atoms with Gasteiger partial charge in [-0.2, -0.15) is 0 Å². The molecule has 0 atom stereocenters. The van der Waals surface area contributed by atoms with Gasteiger partial charge in [0, 0.05) is 17.4 Å². The van der Waals surface area contributed by atoms with Crippen molar-refractivity contribution in [3.05, 3.63) is 47.5 Å². The lowest BCUT2D eigenvalue weighted by Gasteiger charge is -2.19. The van der Waals surface area contributed by atoms with E-state index in [-0.39, 0.29) is 11.8 Å². The normalized spacial score (nSPS) is 14.1. The molecule has 1 saturated carbocycles. The van der Waals surface area contributed by atoms with Crippen molar-refractivity contribution in [2.24, 2.45) is 5.41 Å². The Kier molecular flexibility index (Phi) is 5.58. The Morgan fingerprint density at radius 3 is 2.29 bits per heavy atom. The van der Waals surface area contributed by atoms with Crippen molar-refractivity contribution in [1.29, 1.82) is 0 Å². The van der Waals surface area contributed by atoms with Crippen molar-refractivity contribution in [2.75, 3.05) is 24.9 Å². The monoisotopic (exact) mass is 382 g/mol. The zero-order valence-electron chi connectivity index (χ0n) is 16.7. The summed E-state index contributed by atoms with van der Waals surface area (Å²) in [6.07, 6.45) is 1.87. The summed E-state index contributed by atoms with van der Waals surface area (Å²) >= 11 is 0. The predicted molar refractivity (Wildman–Crippen MR) is 109 cm³/mol. The molecule has 0 spiro atoms. The zero-order chi connectivity index (χ0) is 20.3. The van der Waals surface area contributed by atoms with Gasteiger partial charge in [0.2, 0.25) is 11.8 Å². The second-order valence-electron chi connectivity index (χ2n) is 7.02. The molecule has 2 amide bonds. The summed E-state index contributed by atoms with van der Waals surface area (Å²) in [4.78, 5) is 25.8. The number of carbonyl (C=O) groups is 2. The number of anilines is 2. The number of hydrogen-bond acceptors (Lipinski definition) is 4. The van der Waals surface area contributed by atoms with Gasteiger partial charge in [0.05, 0.1) is 14.2 Å². The second kappa shape index (κ2) is 7.92. The molecular weight excluding hydrogens is 356 g/mol. The minimum absolute atomic E-state index is 0.255. The van der Waals surface area contributed by atoms with E-state index in [9.17, 15) is 9.59 Å². The summed E-state index contributed by atoms with van der Waals surface area (Å²) in [5.74, 6) is 0.534. The molecule has 0 unspecified atom stereocenters. The van der Waals surface area contributed by atoms with E-state index in [0.717, 1.165) is 23.2 Å². The molecule has 2 aromatic carbocycles. The SMILES string of the molecule is CCc1cccc(C)c1NC(=O)C1(C(=O)Nc2ccc(OC)c(OC)c2)CC1. The first-order valence-corrected chi connectivity index (χ1v) is 9.38. The predicted octanol–water partition coefficient (Wildman–Crippen LogP) is 3.93. The van der Waals surface area contributed by atoms with Crippen LogP contribution in [0.15, 0.2) is 36.4 Å². The molecule has 0 bridgehead atoms. The van der Waals surface area contributed by atoms with E-state index in [4.69, 9.17) is 9.47 Å². The number of carbonyl (C=O) groups excluding carboxylic acids is 2. The van der Waals surface area contributed by atoms with Gasteiger partial charge in [-0.25, -0.2) is 0 Å². The first kappa shape index (κ1) is 19.7. The third-order valence-electron chi connectivity index (χ3n) is 5.24. The molecule has 0 radical (unpaired) electrons. The minimum atomic E-state index is -1.03. The van der Waals surface area contributed by atoms with Crippen molar-refractivity contribution in [1.82, 2.24) is 0 Å². The minimum Gasteiger partial charge on any atom is -0.493 e. The fourth-order valence-electron chi connectivity index (χ4n) is 3.28. The Labute approximate surface area is 165 Å². The van der Waals surface area contributed by atoms with Crippen molar-refractivity contribution < 1.29 is 19.1 Å². The van der Waals surface area contributed by atoms with Crippen LogP contribution in [0.5, 0.6) is 11.5 Å². The molecule has 2 N–H and O–H groups in total. The van der Waals surface area contributed by atoms with E-state index >= 15 is 0 Å². The molecule has 1 aliphatic rings. The molecule has 0 aliphatic heterocycles. The summed E-state index contributed by atoms with van der Waals surface area (Å²) in [7, 11) is 3.09. The summed E-state index contributed by atoms with van der Waals surface area (Å²) in [6, 6.07) is 11.0. The molecule has 0 saturated heterocycles. The molecular formula is C22H26N2O4. The molecule has 2 aromatic rings. The quantitative estimate of drug-likeness (QED) is 0.712. The lowest BCUT2D eigenvalue weighted by atomic mass is 10.0. The number of amides is 2. The zero-order valence-corrected chi connectivity index (χ0v) is 16.7. The van der Waals surface area contributed by atoms with Crippen LogP contribution in [0.1, 0.15) is 30.9 Å². The number of benzene rings is 2. The van der Waals surface area contributed by atoms with E-state index in [1.165, 1.54) is 7.11 Å². The standard InChI is InChI=1S/C22H26N2O4/c1-5-15-8-6-7-14(2)19(15)24-21(26)22(11-12-22)20(25)23-16-9-10-17(27-3)18(13-16)28-4/h6-10,13H,5,11-12H2,1-4H3,(H,23,25)(H,24,26). The van der Waals surface area contributed by atoms with Crippen LogP contribution in [-0.4, -0.2) is 26.0 Å². The van der Waals surface area contributed by atoms with E-state index < -0.39 is 5.41 Å². The van der Waals surface area contributed by atoms with Crippen molar-refractivity contribution in [3.63, 3.8) is 0 Å². The molecule has 1 aliphatic carbocycles. The van der Waals surface area contributed by atoms with Gasteiger partial charge < -0.3 is 20.1 Å². The van der Waals surface area contributed by atoms with Crippen LogP contribution in [0.4, 0.5) is 11.4 Å². The van der Waals surface area contributed by atoms with Gasteiger partial charge in [0.15, 0.2) is 11.5 Å². The van der Waals surface area contributed by atoms with Crippen LogP contribution in [0.3, 0.4) is 0 Å². The smallest absolute Gasteiger partial charge is 0.240 e. The van der Waals surface area contributed by atoms with Crippen LogP contribution in [0, 0.1) is 12.3 Å². The van der Waals surface area contributed by atoms with Crippen LogP contribution in [-0.2, 0) is 16.0 Å². The van der Waals surface area contributed by atoms with Crippen LogP contribution in [0.25, 0.3) is 0 Å². The highest BCUT2D eigenvalue weighted by Crippen LogP contribution is 2.48. The van der Waals surface area contributed by atoms with Crippen LogP contribution >= 0.6 is 0 Å². The molecule has 0 aromatic heterocycles. The number of aryl methyl sites for hydroxylation is 2. The number of hydrogen-bond donors (Lipinski definition) is 2.